The maximum Gasteiger partial charge on any atom is 0.338 e. The van der Waals surface area contributed by atoms with Crippen molar-refractivity contribution in [3.05, 3.63) is 64.2 Å². The van der Waals surface area contributed by atoms with Gasteiger partial charge in [0.2, 0.25) is 0 Å². The Balaban J connectivity index is 1.70. The van der Waals surface area contributed by atoms with Gasteiger partial charge in [-0.2, -0.15) is 0 Å². The van der Waals surface area contributed by atoms with Crippen LogP contribution in [0.2, 0.25) is 5.02 Å². The van der Waals surface area contributed by atoms with E-state index in [-0.39, 0.29) is 6.61 Å². The van der Waals surface area contributed by atoms with E-state index >= 15 is 0 Å². The van der Waals surface area contributed by atoms with Crippen molar-refractivity contribution in [1.82, 2.24) is 10.9 Å². The van der Waals surface area contributed by atoms with Gasteiger partial charge in [0.05, 0.1) is 5.56 Å². The molecule has 0 aliphatic heterocycles. The maximum atomic E-state index is 12.0. The average Bonchev–Trinajstić information content (AvgIpc) is 2.65. The van der Waals surface area contributed by atoms with Crippen molar-refractivity contribution in [2.45, 2.75) is 13.8 Å². The summed E-state index contributed by atoms with van der Waals surface area (Å²) in [6.45, 7) is 2.80. The van der Waals surface area contributed by atoms with Gasteiger partial charge in [0.1, 0.15) is 5.75 Å². The van der Waals surface area contributed by atoms with Crippen molar-refractivity contribution in [3.8, 4) is 5.75 Å². The summed E-state index contributed by atoms with van der Waals surface area (Å²) in [6, 6.07) is 11.8. The van der Waals surface area contributed by atoms with Gasteiger partial charge in [-0.1, -0.05) is 29.3 Å². The minimum Gasteiger partial charge on any atom is -0.484 e. The molecule has 0 spiro atoms. The topological polar surface area (TPSA) is 93.7 Å². The van der Waals surface area contributed by atoms with E-state index in [1.54, 1.807) is 43.3 Å². The fourth-order valence-corrected chi connectivity index (χ4v) is 2.18. The largest absolute Gasteiger partial charge is 0.484 e. The number of hydrazine groups is 1. The Morgan fingerprint density at radius 1 is 0.926 bits per heavy atom. The lowest BCUT2D eigenvalue weighted by atomic mass is 10.1. The first-order chi connectivity index (χ1) is 12.8. The molecule has 0 saturated carbocycles. The summed E-state index contributed by atoms with van der Waals surface area (Å²) in [5.74, 6) is -1.39. The van der Waals surface area contributed by atoms with Gasteiger partial charge < -0.3 is 9.47 Å². The van der Waals surface area contributed by atoms with Crippen molar-refractivity contribution in [1.29, 1.82) is 0 Å². The molecule has 0 aliphatic rings. The lowest BCUT2D eigenvalue weighted by Gasteiger charge is -2.10. The van der Waals surface area contributed by atoms with E-state index in [1.165, 1.54) is 0 Å². The Labute approximate surface area is 161 Å². The van der Waals surface area contributed by atoms with E-state index in [2.05, 4.69) is 10.9 Å². The number of nitrogens with one attached hydrogen (secondary N) is 2. The summed E-state index contributed by atoms with van der Waals surface area (Å²) < 4.78 is 10.2. The minimum atomic E-state index is -0.673. The van der Waals surface area contributed by atoms with Crippen molar-refractivity contribution >= 4 is 29.4 Å². The normalized spacial score (nSPS) is 10.0. The van der Waals surface area contributed by atoms with Gasteiger partial charge >= 0.3 is 5.97 Å². The summed E-state index contributed by atoms with van der Waals surface area (Å²) in [5.41, 5.74) is 6.36. The summed E-state index contributed by atoms with van der Waals surface area (Å²) in [5, 5.41) is 0.550. The van der Waals surface area contributed by atoms with Crippen molar-refractivity contribution in [2.75, 3.05) is 13.2 Å². The van der Waals surface area contributed by atoms with Crippen molar-refractivity contribution < 1.29 is 23.9 Å². The predicted molar refractivity (Wildman–Crippen MR) is 99.4 cm³/mol. The monoisotopic (exact) mass is 390 g/mol. The van der Waals surface area contributed by atoms with Crippen LogP contribution in [0, 0.1) is 13.8 Å². The molecule has 142 valence electrons. The molecule has 0 unspecified atom stereocenters. The minimum absolute atomic E-state index is 0.301. The number of amides is 2. The number of carbonyl (C=O) groups is 3. The number of halogens is 1. The first kappa shape index (κ1) is 20.3. The molecule has 0 fully saturated rings. The van der Waals surface area contributed by atoms with Gasteiger partial charge in [-0.15, -0.1) is 0 Å². The molecule has 0 aliphatic carbocycles. The molecule has 0 atom stereocenters. The first-order valence-electron chi connectivity index (χ1n) is 8.05. The van der Waals surface area contributed by atoms with Gasteiger partial charge in [0.25, 0.3) is 11.8 Å². The molecule has 0 aromatic heterocycles. The highest BCUT2D eigenvalue weighted by Gasteiger charge is 2.13. The van der Waals surface area contributed by atoms with Crippen LogP contribution in [0.5, 0.6) is 5.75 Å². The van der Waals surface area contributed by atoms with E-state index in [0.29, 0.717) is 16.3 Å². The number of ether oxygens (including phenoxy) is 2. The Morgan fingerprint density at radius 3 is 2.22 bits per heavy atom. The molecule has 0 bridgehead atoms. The van der Waals surface area contributed by atoms with E-state index < -0.39 is 24.4 Å². The molecule has 2 aromatic rings. The summed E-state index contributed by atoms with van der Waals surface area (Å²) in [6.07, 6.45) is 0. The van der Waals surface area contributed by atoms with Crippen LogP contribution in [-0.4, -0.2) is 31.0 Å². The zero-order valence-electron chi connectivity index (χ0n) is 14.9. The zero-order chi connectivity index (χ0) is 19.8. The smallest absolute Gasteiger partial charge is 0.338 e. The standard InChI is InChI=1S/C19H19ClN2O5/c1-12-3-4-13(2)16(9-12)19(25)27-11-18(24)22-21-17(23)10-26-15-7-5-14(20)6-8-15/h3-9H,10-11H2,1-2H3,(H,21,23)(H,22,24). The number of hydrogen-bond donors (Lipinski definition) is 2. The van der Waals surface area contributed by atoms with Crippen LogP contribution >= 0.6 is 11.6 Å². The molecule has 0 saturated heterocycles. The fraction of sp³-hybridized carbons (Fsp3) is 0.211. The number of carbonyl (C=O) groups excluding carboxylic acids is 3. The van der Waals surface area contributed by atoms with Crippen LogP contribution in [0.25, 0.3) is 0 Å². The summed E-state index contributed by atoms with van der Waals surface area (Å²) in [7, 11) is 0. The van der Waals surface area contributed by atoms with E-state index in [0.717, 1.165) is 11.1 Å². The zero-order valence-corrected chi connectivity index (χ0v) is 15.6. The lowest BCUT2D eigenvalue weighted by molar-refractivity contribution is -0.131. The van der Waals surface area contributed by atoms with E-state index in [1.807, 2.05) is 13.0 Å². The molecule has 27 heavy (non-hydrogen) atoms. The van der Waals surface area contributed by atoms with Gasteiger partial charge in [-0.3, -0.25) is 20.4 Å². The number of rotatable bonds is 6. The maximum absolute atomic E-state index is 12.0. The van der Waals surface area contributed by atoms with Crippen LogP contribution in [0.15, 0.2) is 42.5 Å². The van der Waals surface area contributed by atoms with E-state index in [9.17, 15) is 14.4 Å². The Bertz CT molecular complexity index is 836. The molecule has 2 amide bonds. The second-order valence-corrected chi connectivity index (χ2v) is 6.17. The summed E-state index contributed by atoms with van der Waals surface area (Å²) in [4.78, 5) is 35.4. The number of benzene rings is 2. The van der Waals surface area contributed by atoms with Crippen molar-refractivity contribution in [3.63, 3.8) is 0 Å². The first-order valence-corrected chi connectivity index (χ1v) is 8.43. The molecule has 0 radical (unpaired) electrons. The van der Waals surface area contributed by atoms with E-state index in [4.69, 9.17) is 21.1 Å². The van der Waals surface area contributed by atoms with Gasteiger partial charge in [0, 0.05) is 5.02 Å². The Morgan fingerprint density at radius 2 is 1.56 bits per heavy atom. The Kier molecular flexibility index (Phi) is 7.19. The van der Waals surface area contributed by atoms with Crippen LogP contribution in [0.4, 0.5) is 0 Å². The molecular weight excluding hydrogens is 372 g/mol. The molecule has 2 N–H and O–H groups in total. The van der Waals surface area contributed by atoms with Gasteiger partial charge in [-0.25, -0.2) is 4.79 Å². The summed E-state index contributed by atoms with van der Waals surface area (Å²) >= 11 is 5.75. The van der Waals surface area contributed by atoms with Crippen LogP contribution in [0.3, 0.4) is 0 Å². The van der Waals surface area contributed by atoms with Crippen molar-refractivity contribution in [2.24, 2.45) is 0 Å². The highest BCUT2D eigenvalue weighted by molar-refractivity contribution is 6.30. The van der Waals surface area contributed by atoms with Gasteiger partial charge in [0.15, 0.2) is 13.2 Å². The van der Waals surface area contributed by atoms with Crippen LogP contribution in [0.1, 0.15) is 21.5 Å². The fourth-order valence-electron chi connectivity index (χ4n) is 2.06. The predicted octanol–water partition coefficient (Wildman–Crippen LogP) is 2.34. The molecule has 8 heteroatoms. The third-order valence-corrected chi connectivity index (χ3v) is 3.72. The average molecular weight is 391 g/mol. The number of esters is 1. The number of aryl methyl sites for hydroxylation is 2. The molecule has 7 nitrogen and oxygen atoms in total. The third kappa shape index (κ3) is 6.63. The second kappa shape index (κ2) is 9.59. The molecule has 0 heterocycles. The van der Waals surface area contributed by atoms with Crippen LogP contribution in [-0.2, 0) is 14.3 Å². The highest BCUT2D eigenvalue weighted by Crippen LogP contribution is 2.15. The van der Waals surface area contributed by atoms with Crippen LogP contribution < -0.4 is 15.6 Å². The lowest BCUT2D eigenvalue weighted by Crippen LogP contribution is -2.45. The number of hydrogen-bond acceptors (Lipinski definition) is 5. The highest BCUT2D eigenvalue weighted by atomic mass is 35.5. The third-order valence-electron chi connectivity index (χ3n) is 3.47. The SMILES string of the molecule is Cc1ccc(C)c(C(=O)OCC(=O)NNC(=O)COc2ccc(Cl)cc2)c1. The molecule has 2 aromatic carbocycles. The Hall–Kier alpha value is -3.06. The van der Waals surface area contributed by atoms with Gasteiger partial charge in [-0.05, 0) is 49.7 Å². The molecule has 2 rings (SSSR count). The second-order valence-electron chi connectivity index (χ2n) is 5.73. The molecular formula is C19H19ClN2O5. The quantitative estimate of drug-likeness (QED) is 0.583.